The molecule has 0 aliphatic heterocycles. The van der Waals surface area contributed by atoms with Gasteiger partial charge in [-0.05, 0) is 42.3 Å². The predicted molar refractivity (Wildman–Crippen MR) is 80.1 cm³/mol. The second-order valence-electron chi connectivity index (χ2n) is 4.58. The second-order valence-corrected chi connectivity index (χ2v) is 5.02. The molecule has 2 aromatic rings. The highest BCUT2D eigenvalue weighted by Gasteiger charge is 2.19. The van der Waals surface area contributed by atoms with Gasteiger partial charge >= 0.3 is 0 Å². The highest BCUT2D eigenvalue weighted by molar-refractivity contribution is 6.22. The van der Waals surface area contributed by atoms with Crippen LogP contribution in [0.25, 0.3) is 0 Å². The van der Waals surface area contributed by atoms with Crippen molar-refractivity contribution in [2.45, 2.75) is 25.6 Å². The molecule has 20 heavy (non-hydrogen) atoms. The Morgan fingerprint density at radius 1 is 1.15 bits per heavy atom. The molecule has 0 radical (unpaired) electrons. The summed E-state index contributed by atoms with van der Waals surface area (Å²) < 4.78 is 16.3. The molecule has 1 unspecified atom stereocenters. The Kier molecular flexibility index (Phi) is 4.61. The highest BCUT2D eigenvalue weighted by atomic mass is 35.5. The number of alkyl halides is 1. The molecule has 0 bridgehead atoms. The molecule has 108 valence electrons. The minimum atomic E-state index is -0.338. The number of rotatable bonds is 5. The molecule has 0 saturated heterocycles. The first kappa shape index (κ1) is 14.8. The Balaban J connectivity index is 2.40. The van der Waals surface area contributed by atoms with E-state index < -0.39 is 0 Å². The highest BCUT2D eigenvalue weighted by Crippen LogP contribution is 2.38. The van der Waals surface area contributed by atoms with Gasteiger partial charge in [0.1, 0.15) is 16.9 Å². The minimum Gasteiger partial charge on any atom is -0.493 e. The monoisotopic (exact) mass is 294 g/mol. The molecule has 0 saturated carbocycles. The van der Waals surface area contributed by atoms with Gasteiger partial charge in [0.15, 0.2) is 11.5 Å². The van der Waals surface area contributed by atoms with E-state index in [1.165, 1.54) is 0 Å². The summed E-state index contributed by atoms with van der Waals surface area (Å²) in [4.78, 5) is 0. The Hall–Kier alpha value is -1.61. The van der Waals surface area contributed by atoms with Gasteiger partial charge in [-0.2, -0.15) is 0 Å². The smallest absolute Gasteiger partial charge is 0.161 e. The summed E-state index contributed by atoms with van der Waals surface area (Å²) in [5, 5.41) is -0.338. The maximum atomic E-state index is 6.54. The number of ether oxygens (including phenoxy) is 2. The van der Waals surface area contributed by atoms with E-state index in [1.807, 2.05) is 38.1 Å². The van der Waals surface area contributed by atoms with Crippen LogP contribution in [-0.2, 0) is 6.42 Å². The van der Waals surface area contributed by atoms with Crippen LogP contribution in [0.1, 0.15) is 34.9 Å². The third-order valence-corrected chi connectivity index (χ3v) is 3.78. The zero-order chi connectivity index (χ0) is 14.7. The maximum Gasteiger partial charge on any atom is 0.161 e. The van der Waals surface area contributed by atoms with Crippen molar-refractivity contribution in [3.63, 3.8) is 0 Å². The number of hydrogen-bond acceptors (Lipinski definition) is 3. The molecular formula is C16H19ClO3. The van der Waals surface area contributed by atoms with E-state index in [0.717, 1.165) is 29.1 Å². The van der Waals surface area contributed by atoms with E-state index in [0.29, 0.717) is 11.5 Å². The normalized spacial score (nSPS) is 12.2. The summed E-state index contributed by atoms with van der Waals surface area (Å²) in [7, 11) is 3.23. The van der Waals surface area contributed by atoms with Crippen LogP contribution < -0.4 is 9.47 Å². The lowest BCUT2D eigenvalue weighted by Gasteiger charge is -2.15. The third-order valence-electron chi connectivity index (χ3n) is 3.33. The molecule has 0 N–H and O–H groups in total. The van der Waals surface area contributed by atoms with Crippen LogP contribution in [0.3, 0.4) is 0 Å². The summed E-state index contributed by atoms with van der Waals surface area (Å²) in [6, 6.07) is 7.71. The molecule has 1 aromatic heterocycles. The van der Waals surface area contributed by atoms with Gasteiger partial charge in [0, 0.05) is 6.42 Å². The summed E-state index contributed by atoms with van der Waals surface area (Å²) in [6.45, 7) is 4.05. The largest absolute Gasteiger partial charge is 0.493 e. The second kappa shape index (κ2) is 6.23. The lowest BCUT2D eigenvalue weighted by atomic mass is 10.0. The van der Waals surface area contributed by atoms with Crippen molar-refractivity contribution < 1.29 is 13.9 Å². The lowest BCUT2D eigenvalue weighted by molar-refractivity contribution is 0.354. The first-order chi connectivity index (χ1) is 9.60. The van der Waals surface area contributed by atoms with Crippen LogP contribution in [0.5, 0.6) is 11.5 Å². The molecular weight excluding hydrogens is 276 g/mol. The molecule has 3 nitrogen and oxygen atoms in total. The van der Waals surface area contributed by atoms with Gasteiger partial charge in [-0.1, -0.05) is 6.92 Å². The van der Waals surface area contributed by atoms with E-state index in [4.69, 9.17) is 25.5 Å². The quantitative estimate of drug-likeness (QED) is 0.761. The molecule has 1 atom stereocenters. The Morgan fingerprint density at radius 3 is 2.35 bits per heavy atom. The van der Waals surface area contributed by atoms with E-state index >= 15 is 0 Å². The van der Waals surface area contributed by atoms with Crippen LogP contribution in [0.4, 0.5) is 0 Å². The summed E-state index contributed by atoms with van der Waals surface area (Å²) in [6.07, 6.45) is 0.856. The number of benzene rings is 1. The molecule has 1 aromatic carbocycles. The maximum absolute atomic E-state index is 6.54. The third kappa shape index (κ3) is 2.78. The fourth-order valence-corrected chi connectivity index (χ4v) is 2.50. The molecule has 0 spiro atoms. The predicted octanol–water partition coefficient (Wildman–Crippen LogP) is 4.50. The van der Waals surface area contributed by atoms with Crippen molar-refractivity contribution in [3.05, 3.63) is 46.9 Å². The van der Waals surface area contributed by atoms with Gasteiger partial charge in [-0.3, -0.25) is 0 Å². The minimum absolute atomic E-state index is 0.338. The lowest BCUT2D eigenvalue weighted by Crippen LogP contribution is -1.99. The average Bonchev–Trinajstić information content (AvgIpc) is 2.95. The van der Waals surface area contributed by atoms with E-state index in [2.05, 4.69) is 0 Å². The van der Waals surface area contributed by atoms with Crippen LogP contribution in [0, 0.1) is 6.92 Å². The Bertz CT molecular complexity index is 589. The number of methoxy groups -OCH3 is 2. The molecule has 4 heteroatoms. The number of hydrogen-bond donors (Lipinski definition) is 0. The summed E-state index contributed by atoms with van der Waals surface area (Å²) >= 11 is 6.54. The SMILES string of the molecule is CCc1ccc(C(Cl)c2cc(OC)c(OC)cc2C)o1. The van der Waals surface area contributed by atoms with Crippen molar-refractivity contribution >= 4 is 11.6 Å². The van der Waals surface area contributed by atoms with E-state index in [1.54, 1.807) is 14.2 Å². The van der Waals surface area contributed by atoms with Crippen molar-refractivity contribution in [3.8, 4) is 11.5 Å². The zero-order valence-corrected chi connectivity index (χ0v) is 13.0. The van der Waals surface area contributed by atoms with Crippen LogP contribution >= 0.6 is 11.6 Å². The Morgan fingerprint density at radius 2 is 1.80 bits per heavy atom. The van der Waals surface area contributed by atoms with Crippen LogP contribution in [0.2, 0.25) is 0 Å². The molecule has 0 aliphatic rings. The molecule has 0 fully saturated rings. The number of furan rings is 1. The van der Waals surface area contributed by atoms with Crippen molar-refractivity contribution in [2.24, 2.45) is 0 Å². The fourth-order valence-electron chi connectivity index (χ4n) is 2.14. The Labute approximate surface area is 124 Å². The topological polar surface area (TPSA) is 31.6 Å². The summed E-state index contributed by atoms with van der Waals surface area (Å²) in [5.41, 5.74) is 2.00. The first-order valence-corrected chi connectivity index (χ1v) is 6.99. The summed E-state index contributed by atoms with van der Waals surface area (Å²) in [5.74, 6) is 3.05. The number of aryl methyl sites for hydroxylation is 2. The van der Waals surface area contributed by atoms with E-state index in [9.17, 15) is 0 Å². The standard InChI is InChI=1S/C16H19ClO3/c1-5-11-6-7-13(20-11)16(17)12-9-15(19-4)14(18-3)8-10(12)2/h6-9,16H,5H2,1-4H3. The van der Waals surface area contributed by atoms with Gasteiger partial charge in [-0.15, -0.1) is 11.6 Å². The molecule has 0 aliphatic carbocycles. The van der Waals surface area contributed by atoms with Crippen molar-refractivity contribution in [1.29, 1.82) is 0 Å². The molecule has 1 heterocycles. The molecule has 0 amide bonds. The van der Waals surface area contributed by atoms with Crippen LogP contribution in [-0.4, -0.2) is 14.2 Å². The van der Waals surface area contributed by atoms with Gasteiger partial charge in [0.25, 0.3) is 0 Å². The average molecular weight is 295 g/mol. The van der Waals surface area contributed by atoms with Crippen LogP contribution in [0.15, 0.2) is 28.7 Å². The van der Waals surface area contributed by atoms with E-state index in [-0.39, 0.29) is 5.38 Å². The van der Waals surface area contributed by atoms with Gasteiger partial charge < -0.3 is 13.9 Å². The van der Waals surface area contributed by atoms with Gasteiger partial charge in [0.2, 0.25) is 0 Å². The first-order valence-electron chi connectivity index (χ1n) is 6.55. The van der Waals surface area contributed by atoms with Gasteiger partial charge in [-0.25, -0.2) is 0 Å². The molecule has 2 rings (SSSR count). The zero-order valence-electron chi connectivity index (χ0n) is 12.2. The number of halogens is 1. The van der Waals surface area contributed by atoms with Crippen molar-refractivity contribution in [2.75, 3.05) is 14.2 Å². The fraction of sp³-hybridized carbons (Fsp3) is 0.375. The van der Waals surface area contributed by atoms with Crippen molar-refractivity contribution in [1.82, 2.24) is 0 Å². The van der Waals surface area contributed by atoms with Gasteiger partial charge in [0.05, 0.1) is 14.2 Å².